The molecule has 0 amide bonds. The van der Waals surface area contributed by atoms with Crippen LogP contribution in [0.15, 0.2) is 24.4 Å². The second kappa shape index (κ2) is 5.16. The number of fused-ring (bicyclic) bond motifs is 1. The van der Waals surface area contributed by atoms with E-state index in [1.165, 1.54) is 0 Å². The van der Waals surface area contributed by atoms with Gasteiger partial charge in [0.25, 0.3) is 0 Å². The van der Waals surface area contributed by atoms with Crippen LogP contribution in [0.1, 0.15) is 51.3 Å². The molecule has 0 fully saturated rings. The summed E-state index contributed by atoms with van der Waals surface area (Å²) in [6.07, 6.45) is 6.33. The number of hydrogen-bond acceptors (Lipinski definition) is 3. The minimum Gasteiger partial charge on any atom is -0.460 e. The van der Waals surface area contributed by atoms with Crippen molar-refractivity contribution in [1.82, 2.24) is 4.98 Å². The lowest BCUT2D eigenvalue weighted by molar-refractivity contribution is -0.155. The Morgan fingerprint density at radius 3 is 2.84 bits per heavy atom. The maximum atomic E-state index is 12.0. The molecule has 0 bridgehead atoms. The summed E-state index contributed by atoms with van der Waals surface area (Å²) in [6, 6.07) is 3.98. The van der Waals surface area contributed by atoms with Crippen LogP contribution in [0, 0.1) is 5.92 Å². The van der Waals surface area contributed by atoms with Crippen LogP contribution < -0.4 is 0 Å². The average Bonchev–Trinajstić information content (AvgIpc) is 2.31. The minimum absolute atomic E-state index is 0.144. The molecule has 1 aliphatic carbocycles. The van der Waals surface area contributed by atoms with Crippen molar-refractivity contribution < 1.29 is 9.53 Å². The van der Waals surface area contributed by atoms with Gasteiger partial charge in [-0.1, -0.05) is 19.1 Å². The summed E-state index contributed by atoms with van der Waals surface area (Å²) in [6.45, 7) is 7.81. The van der Waals surface area contributed by atoms with Gasteiger partial charge < -0.3 is 4.74 Å². The molecule has 0 unspecified atom stereocenters. The molecule has 19 heavy (non-hydrogen) atoms. The van der Waals surface area contributed by atoms with Gasteiger partial charge in [-0.3, -0.25) is 9.78 Å². The molecule has 3 heteroatoms. The largest absolute Gasteiger partial charge is 0.460 e. The summed E-state index contributed by atoms with van der Waals surface area (Å²) in [5, 5.41) is 0. The molecule has 0 saturated heterocycles. The number of rotatable bonds is 2. The van der Waals surface area contributed by atoms with Crippen LogP contribution in [-0.2, 0) is 9.53 Å². The van der Waals surface area contributed by atoms with Crippen LogP contribution in [0.5, 0.6) is 0 Å². The second-order valence-corrected chi connectivity index (χ2v) is 6.09. The van der Waals surface area contributed by atoms with Gasteiger partial charge in [-0.25, -0.2) is 0 Å². The van der Waals surface area contributed by atoms with Gasteiger partial charge in [0.1, 0.15) is 5.60 Å². The van der Waals surface area contributed by atoms with Crippen LogP contribution in [0.2, 0.25) is 0 Å². The van der Waals surface area contributed by atoms with Gasteiger partial charge in [0, 0.05) is 12.1 Å². The Balaban J connectivity index is 2.16. The molecule has 0 N–H and O–H groups in total. The summed E-state index contributed by atoms with van der Waals surface area (Å²) in [5.74, 6) is 0.335. The highest BCUT2D eigenvalue weighted by molar-refractivity contribution is 5.72. The van der Waals surface area contributed by atoms with Crippen LogP contribution in [0.4, 0.5) is 0 Å². The van der Waals surface area contributed by atoms with E-state index in [2.05, 4.69) is 24.1 Å². The monoisotopic (exact) mass is 259 g/mol. The van der Waals surface area contributed by atoms with Crippen molar-refractivity contribution in [2.45, 2.75) is 45.6 Å². The first kappa shape index (κ1) is 13.8. The fourth-order valence-electron chi connectivity index (χ4n) is 2.40. The molecule has 102 valence electrons. The van der Waals surface area contributed by atoms with Crippen LogP contribution in [0.25, 0.3) is 6.08 Å². The van der Waals surface area contributed by atoms with Gasteiger partial charge >= 0.3 is 5.97 Å². The van der Waals surface area contributed by atoms with Gasteiger partial charge in [-0.2, -0.15) is 0 Å². The second-order valence-electron chi connectivity index (χ2n) is 6.09. The van der Waals surface area contributed by atoms with Crippen molar-refractivity contribution in [1.29, 1.82) is 0 Å². The number of allylic oxidation sites excluding steroid dienone is 1. The van der Waals surface area contributed by atoms with Gasteiger partial charge in [0.05, 0.1) is 12.1 Å². The Bertz CT molecular complexity index is 500. The first-order chi connectivity index (χ1) is 8.87. The summed E-state index contributed by atoms with van der Waals surface area (Å²) in [4.78, 5) is 16.4. The fourth-order valence-corrected chi connectivity index (χ4v) is 2.40. The fraction of sp³-hybridized carbons (Fsp3) is 0.500. The van der Waals surface area contributed by atoms with Gasteiger partial charge in [-0.15, -0.1) is 0 Å². The van der Waals surface area contributed by atoms with Gasteiger partial charge in [-0.05, 0) is 44.4 Å². The van der Waals surface area contributed by atoms with E-state index in [9.17, 15) is 4.79 Å². The highest BCUT2D eigenvalue weighted by Gasteiger charge is 2.28. The number of hydrogen-bond donors (Lipinski definition) is 0. The molecule has 0 radical (unpaired) electrons. The number of carbonyl (C=O) groups excluding carboxylic acids is 1. The maximum absolute atomic E-state index is 12.0. The zero-order valence-electron chi connectivity index (χ0n) is 12.0. The number of nitrogens with zero attached hydrogens (tertiary/aromatic N) is 1. The van der Waals surface area contributed by atoms with E-state index < -0.39 is 5.60 Å². The topological polar surface area (TPSA) is 39.2 Å². The molecule has 0 aliphatic heterocycles. The quantitative estimate of drug-likeness (QED) is 0.762. The molecule has 1 aromatic heterocycles. The molecule has 0 aromatic carbocycles. The molecular formula is C16H21NO2. The average molecular weight is 259 g/mol. The summed E-state index contributed by atoms with van der Waals surface area (Å²) in [5.41, 5.74) is 1.68. The van der Waals surface area contributed by atoms with E-state index in [1.54, 1.807) is 6.20 Å². The van der Waals surface area contributed by atoms with E-state index in [-0.39, 0.29) is 11.9 Å². The van der Waals surface area contributed by atoms with Gasteiger partial charge in [0.15, 0.2) is 0 Å². The molecule has 1 aromatic rings. The molecule has 2 atom stereocenters. The summed E-state index contributed by atoms with van der Waals surface area (Å²) < 4.78 is 5.42. The normalized spacial score (nSPS) is 21.9. The molecular weight excluding hydrogens is 238 g/mol. The van der Waals surface area contributed by atoms with E-state index in [0.29, 0.717) is 12.3 Å². The third kappa shape index (κ3) is 3.43. The van der Waals surface area contributed by atoms with E-state index in [0.717, 1.165) is 11.3 Å². The van der Waals surface area contributed by atoms with Crippen molar-refractivity contribution in [2.24, 2.45) is 5.92 Å². The predicted molar refractivity (Wildman–Crippen MR) is 75.6 cm³/mol. The lowest BCUT2D eigenvalue weighted by Crippen LogP contribution is -2.26. The Hall–Kier alpha value is -1.64. The van der Waals surface area contributed by atoms with Crippen LogP contribution in [-0.4, -0.2) is 16.6 Å². The highest BCUT2D eigenvalue weighted by Crippen LogP contribution is 2.35. The zero-order chi connectivity index (χ0) is 14.0. The van der Waals surface area contributed by atoms with E-state index in [4.69, 9.17) is 4.74 Å². The number of esters is 1. The first-order valence-electron chi connectivity index (χ1n) is 6.72. The molecule has 3 nitrogen and oxygen atoms in total. The highest BCUT2D eigenvalue weighted by atomic mass is 16.6. The van der Waals surface area contributed by atoms with Crippen molar-refractivity contribution >= 4 is 12.0 Å². The van der Waals surface area contributed by atoms with Crippen molar-refractivity contribution in [3.05, 3.63) is 35.7 Å². The van der Waals surface area contributed by atoms with E-state index in [1.807, 2.05) is 32.9 Å². The summed E-state index contributed by atoms with van der Waals surface area (Å²) >= 11 is 0. The van der Waals surface area contributed by atoms with E-state index >= 15 is 0 Å². The van der Waals surface area contributed by atoms with Crippen LogP contribution in [0.3, 0.4) is 0 Å². The number of aromatic nitrogens is 1. The Morgan fingerprint density at radius 2 is 2.16 bits per heavy atom. The predicted octanol–water partition coefficient (Wildman–Crippen LogP) is 3.56. The molecule has 1 aliphatic rings. The number of carbonyl (C=O) groups is 1. The standard InChI is InChI=1S/C16H21NO2/c1-11-7-8-14-12(6-5-9-17-14)13(11)10-15(18)19-16(2,3)4/h5-9,11,13H,10H2,1-4H3/t11-,13-/m1/s1. The van der Waals surface area contributed by atoms with Crippen molar-refractivity contribution in [3.8, 4) is 0 Å². The lowest BCUT2D eigenvalue weighted by atomic mass is 9.80. The Kier molecular flexibility index (Phi) is 3.74. The smallest absolute Gasteiger partial charge is 0.306 e. The molecule has 2 rings (SSSR count). The maximum Gasteiger partial charge on any atom is 0.306 e. The minimum atomic E-state index is -0.428. The Morgan fingerprint density at radius 1 is 1.42 bits per heavy atom. The number of pyridine rings is 1. The molecule has 0 saturated carbocycles. The van der Waals surface area contributed by atoms with Gasteiger partial charge in [0.2, 0.25) is 0 Å². The van der Waals surface area contributed by atoms with Crippen LogP contribution >= 0.6 is 0 Å². The van der Waals surface area contributed by atoms with Crippen molar-refractivity contribution in [3.63, 3.8) is 0 Å². The van der Waals surface area contributed by atoms with Crippen molar-refractivity contribution in [2.75, 3.05) is 0 Å². The third-order valence-corrected chi connectivity index (χ3v) is 3.27. The summed E-state index contributed by atoms with van der Waals surface area (Å²) in [7, 11) is 0. The Labute approximate surface area is 114 Å². The molecule has 1 heterocycles. The lowest BCUT2D eigenvalue weighted by Gasteiger charge is -2.27. The first-order valence-corrected chi connectivity index (χ1v) is 6.72. The SMILES string of the molecule is C[C@@H]1C=Cc2ncccc2[C@@H]1CC(=O)OC(C)(C)C. The number of ether oxygens (including phenoxy) is 1. The zero-order valence-corrected chi connectivity index (χ0v) is 12.0. The third-order valence-electron chi connectivity index (χ3n) is 3.27. The molecule has 0 spiro atoms.